The van der Waals surface area contributed by atoms with E-state index >= 15 is 0 Å². The van der Waals surface area contributed by atoms with Crippen molar-refractivity contribution in [3.63, 3.8) is 0 Å². The van der Waals surface area contributed by atoms with Gasteiger partial charge in [-0.1, -0.05) is 12.1 Å². The summed E-state index contributed by atoms with van der Waals surface area (Å²) in [5, 5.41) is 2.60. The third-order valence-electron chi connectivity index (χ3n) is 3.43. The number of carbonyl (C=O) groups is 1. The zero-order chi connectivity index (χ0) is 18.5. The molecule has 1 heterocycles. The molecule has 1 unspecified atom stereocenters. The number of halogens is 3. The van der Waals surface area contributed by atoms with Crippen LogP contribution in [0.1, 0.15) is 12.0 Å². The van der Waals surface area contributed by atoms with Gasteiger partial charge >= 0.3 is 6.18 Å². The molecular weight excluding hydrogens is 379 g/mol. The number of hydrogen-bond acceptors (Lipinski definition) is 5. The first-order valence-corrected chi connectivity index (χ1v) is 10.4. The monoisotopic (exact) mass is 397 g/mol. The Balaban J connectivity index is 1.74. The smallest absolute Gasteiger partial charge is 0.422 e. The van der Waals surface area contributed by atoms with Gasteiger partial charge in [0.1, 0.15) is 5.75 Å². The maximum Gasteiger partial charge on any atom is 0.422 e. The van der Waals surface area contributed by atoms with Gasteiger partial charge in [-0.2, -0.15) is 13.2 Å². The van der Waals surface area contributed by atoms with Crippen LogP contribution >= 0.6 is 11.8 Å². The van der Waals surface area contributed by atoms with Crippen LogP contribution in [0.3, 0.4) is 0 Å². The van der Waals surface area contributed by atoms with E-state index in [-0.39, 0.29) is 40.7 Å². The van der Waals surface area contributed by atoms with Crippen molar-refractivity contribution in [2.75, 3.05) is 23.9 Å². The molecule has 140 valence electrons. The molecule has 1 aromatic rings. The Bertz CT molecular complexity index is 707. The number of nitrogens with one attached hydrogen (secondary N) is 1. The van der Waals surface area contributed by atoms with Gasteiger partial charge in [-0.3, -0.25) is 4.79 Å². The summed E-state index contributed by atoms with van der Waals surface area (Å²) in [7, 11) is -2.97. The van der Waals surface area contributed by atoms with E-state index in [1.165, 1.54) is 23.9 Å². The first-order chi connectivity index (χ1) is 11.6. The van der Waals surface area contributed by atoms with Crippen LogP contribution in [0.4, 0.5) is 13.2 Å². The van der Waals surface area contributed by atoms with Gasteiger partial charge in [-0.15, -0.1) is 11.8 Å². The summed E-state index contributed by atoms with van der Waals surface area (Å²) >= 11 is 1.30. The van der Waals surface area contributed by atoms with E-state index in [2.05, 4.69) is 10.1 Å². The summed E-state index contributed by atoms with van der Waals surface area (Å²) in [4.78, 5) is 11.8. The molecule has 0 bridgehead atoms. The second-order valence-corrected chi connectivity index (χ2v) is 9.18. The lowest BCUT2D eigenvalue weighted by Gasteiger charge is -2.11. The topological polar surface area (TPSA) is 72.5 Å². The standard InChI is InChI=1S/C15H18F3NO4S2/c16-15(17,18)10-23-12-3-1-2-11(6-12)7-19-14(20)8-24-13-4-5-25(21,22)9-13/h1-3,6,13H,4-5,7-10H2,(H,19,20). The maximum absolute atomic E-state index is 12.1. The van der Waals surface area contributed by atoms with Crippen molar-refractivity contribution in [2.24, 2.45) is 0 Å². The molecule has 0 saturated carbocycles. The lowest BCUT2D eigenvalue weighted by Crippen LogP contribution is -2.25. The average molecular weight is 397 g/mol. The molecule has 25 heavy (non-hydrogen) atoms. The quantitative estimate of drug-likeness (QED) is 0.764. The number of alkyl halides is 3. The Kier molecular flexibility index (Phi) is 6.61. The highest BCUT2D eigenvalue weighted by molar-refractivity contribution is 8.02. The molecule has 1 saturated heterocycles. The van der Waals surface area contributed by atoms with E-state index in [0.29, 0.717) is 12.0 Å². The summed E-state index contributed by atoms with van der Waals surface area (Å²) in [5.74, 6) is 0.232. The van der Waals surface area contributed by atoms with Gasteiger partial charge < -0.3 is 10.1 Å². The number of hydrogen-bond donors (Lipinski definition) is 1. The van der Waals surface area contributed by atoms with Crippen LogP contribution in [0.15, 0.2) is 24.3 Å². The van der Waals surface area contributed by atoms with E-state index < -0.39 is 22.6 Å². The molecule has 1 fully saturated rings. The van der Waals surface area contributed by atoms with E-state index in [9.17, 15) is 26.4 Å². The van der Waals surface area contributed by atoms with Crippen molar-refractivity contribution in [1.82, 2.24) is 5.32 Å². The Morgan fingerprint density at radius 1 is 1.36 bits per heavy atom. The molecule has 10 heteroatoms. The van der Waals surface area contributed by atoms with E-state index in [0.717, 1.165) is 0 Å². The largest absolute Gasteiger partial charge is 0.484 e. The maximum atomic E-state index is 12.1. The van der Waals surface area contributed by atoms with Gasteiger partial charge in [-0.25, -0.2) is 8.42 Å². The molecule has 2 rings (SSSR count). The first-order valence-electron chi connectivity index (χ1n) is 7.50. The van der Waals surface area contributed by atoms with E-state index in [1.54, 1.807) is 12.1 Å². The Hall–Kier alpha value is -1.42. The minimum atomic E-state index is -4.41. The van der Waals surface area contributed by atoms with Crippen LogP contribution in [0.25, 0.3) is 0 Å². The summed E-state index contributed by atoms with van der Waals surface area (Å²) < 4.78 is 63.8. The Morgan fingerprint density at radius 3 is 2.76 bits per heavy atom. The number of rotatable bonds is 7. The highest BCUT2D eigenvalue weighted by Crippen LogP contribution is 2.24. The van der Waals surface area contributed by atoms with Gasteiger partial charge in [0.15, 0.2) is 16.4 Å². The van der Waals surface area contributed by atoms with Crippen molar-refractivity contribution in [1.29, 1.82) is 0 Å². The highest BCUT2D eigenvalue weighted by Gasteiger charge is 2.29. The predicted molar refractivity (Wildman–Crippen MR) is 89.4 cm³/mol. The zero-order valence-electron chi connectivity index (χ0n) is 13.2. The molecule has 1 N–H and O–H groups in total. The second kappa shape index (κ2) is 8.31. The summed E-state index contributed by atoms with van der Waals surface area (Å²) in [6, 6.07) is 6.05. The molecule has 1 aliphatic rings. The number of ether oxygens (including phenoxy) is 1. The normalized spacial score (nSPS) is 19.6. The van der Waals surface area contributed by atoms with Crippen LogP contribution in [-0.2, 0) is 21.2 Å². The lowest BCUT2D eigenvalue weighted by molar-refractivity contribution is -0.153. The number of thioether (sulfide) groups is 1. The van der Waals surface area contributed by atoms with Gasteiger partial charge in [0, 0.05) is 11.8 Å². The van der Waals surface area contributed by atoms with Crippen LogP contribution < -0.4 is 10.1 Å². The molecule has 0 radical (unpaired) electrons. The lowest BCUT2D eigenvalue weighted by atomic mass is 10.2. The number of amides is 1. The Labute approximate surface area is 148 Å². The fourth-order valence-corrected chi connectivity index (χ4v) is 5.72. The summed E-state index contributed by atoms with van der Waals surface area (Å²) in [6.07, 6.45) is -3.85. The molecule has 0 aliphatic carbocycles. The minimum Gasteiger partial charge on any atom is -0.484 e. The average Bonchev–Trinajstić information content (AvgIpc) is 2.88. The third-order valence-corrected chi connectivity index (χ3v) is 6.71. The van der Waals surface area contributed by atoms with Crippen LogP contribution in [0.2, 0.25) is 0 Å². The number of benzene rings is 1. The predicted octanol–water partition coefficient (Wildman–Crippen LogP) is 2.16. The Morgan fingerprint density at radius 2 is 2.12 bits per heavy atom. The molecular formula is C15H18F3NO4S2. The van der Waals surface area contributed by atoms with Crippen LogP contribution in [0, 0.1) is 0 Å². The second-order valence-electron chi connectivity index (χ2n) is 5.66. The summed E-state index contributed by atoms with van der Waals surface area (Å²) in [5.41, 5.74) is 0.612. The molecule has 5 nitrogen and oxygen atoms in total. The molecule has 1 aliphatic heterocycles. The molecule has 0 spiro atoms. The first kappa shape index (κ1) is 19.9. The van der Waals surface area contributed by atoms with Crippen molar-refractivity contribution < 1.29 is 31.1 Å². The number of carbonyl (C=O) groups excluding carboxylic acids is 1. The zero-order valence-corrected chi connectivity index (χ0v) is 14.8. The SMILES string of the molecule is O=C(CSC1CCS(=O)(=O)C1)NCc1cccc(OCC(F)(F)F)c1. The molecule has 0 aromatic heterocycles. The fourth-order valence-electron chi connectivity index (χ4n) is 2.25. The van der Waals surface area contributed by atoms with Crippen molar-refractivity contribution in [3.8, 4) is 5.75 Å². The molecule has 1 aromatic carbocycles. The fraction of sp³-hybridized carbons (Fsp3) is 0.533. The van der Waals surface area contributed by atoms with Crippen LogP contribution in [-0.4, -0.2) is 49.6 Å². The van der Waals surface area contributed by atoms with Gasteiger partial charge in [0.25, 0.3) is 0 Å². The van der Waals surface area contributed by atoms with Crippen LogP contribution in [0.5, 0.6) is 5.75 Å². The minimum absolute atomic E-state index is 0.0603. The van der Waals surface area contributed by atoms with Crippen molar-refractivity contribution >= 4 is 27.5 Å². The molecule has 1 atom stereocenters. The van der Waals surface area contributed by atoms with Crippen molar-refractivity contribution in [2.45, 2.75) is 24.4 Å². The van der Waals surface area contributed by atoms with E-state index in [1.807, 2.05) is 0 Å². The summed E-state index contributed by atoms with van der Waals surface area (Å²) in [6.45, 7) is -1.21. The van der Waals surface area contributed by atoms with E-state index in [4.69, 9.17) is 0 Å². The third kappa shape index (κ3) is 7.55. The van der Waals surface area contributed by atoms with Gasteiger partial charge in [-0.05, 0) is 24.1 Å². The number of sulfone groups is 1. The molecule has 1 amide bonds. The van der Waals surface area contributed by atoms with Gasteiger partial charge in [0.2, 0.25) is 5.91 Å². The van der Waals surface area contributed by atoms with Crippen molar-refractivity contribution in [3.05, 3.63) is 29.8 Å². The van der Waals surface area contributed by atoms with Gasteiger partial charge in [0.05, 0.1) is 17.3 Å². The highest BCUT2D eigenvalue weighted by atomic mass is 32.2.